The fourth-order valence-electron chi connectivity index (χ4n) is 1.60. The van der Waals surface area contributed by atoms with Crippen LogP contribution in [0.2, 0.25) is 0 Å². The van der Waals surface area contributed by atoms with Gasteiger partial charge in [-0.05, 0) is 32.4 Å². The first-order valence-corrected chi connectivity index (χ1v) is 6.09. The predicted octanol–water partition coefficient (Wildman–Crippen LogP) is 1.81. The molecular weight excluding hydrogens is 194 g/mol. The van der Waals surface area contributed by atoms with Gasteiger partial charge in [0.1, 0.15) is 10.0 Å². The van der Waals surface area contributed by atoms with E-state index in [9.17, 15) is 0 Å². The zero-order valence-corrected chi connectivity index (χ0v) is 9.60. The van der Waals surface area contributed by atoms with E-state index in [1.54, 1.807) is 0 Å². The number of aromatic nitrogens is 2. The summed E-state index contributed by atoms with van der Waals surface area (Å²) in [6, 6.07) is 0. The van der Waals surface area contributed by atoms with E-state index in [2.05, 4.69) is 22.4 Å². The Kier molecular flexibility index (Phi) is 3.13. The van der Waals surface area contributed by atoms with Gasteiger partial charge in [0.2, 0.25) is 0 Å². The summed E-state index contributed by atoms with van der Waals surface area (Å²) in [5, 5.41) is 14.1. The van der Waals surface area contributed by atoms with Crippen LogP contribution in [-0.4, -0.2) is 23.8 Å². The van der Waals surface area contributed by atoms with Crippen molar-refractivity contribution in [3.05, 3.63) is 10.0 Å². The normalized spacial score (nSPS) is 25.3. The van der Waals surface area contributed by atoms with Crippen molar-refractivity contribution in [2.24, 2.45) is 5.92 Å². The smallest absolute Gasteiger partial charge is 0.120 e. The molecule has 1 aliphatic rings. The second kappa shape index (κ2) is 4.36. The Labute approximate surface area is 88.9 Å². The Bertz CT molecular complexity index is 297. The number of rotatable bonds is 5. The van der Waals surface area contributed by atoms with Gasteiger partial charge < -0.3 is 5.32 Å². The summed E-state index contributed by atoms with van der Waals surface area (Å²) < 4.78 is 0. The SMILES string of the molecule is CNCCCc1nnc(C2CC2C)s1. The molecule has 1 aromatic rings. The molecule has 0 aliphatic heterocycles. The van der Waals surface area contributed by atoms with E-state index in [1.165, 1.54) is 16.4 Å². The Balaban J connectivity index is 1.84. The van der Waals surface area contributed by atoms with Crippen LogP contribution in [-0.2, 0) is 6.42 Å². The van der Waals surface area contributed by atoms with Crippen molar-refractivity contribution < 1.29 is 0 Å². The second-order valence-corrected chi connectivity index (χ2v) is 5.15. The molecule has 3 nitrogen and oxygen atoms in total. The average molecular weight is 211 g/mol. The third-order valence-corrected chi connectivity index (χ3v) is 3.84. The van der Waals surface area contributed by atoms with E-state index in [1.807, 2.05) is 18.4 Å². The minimum atomic E-state index is 0.727. The van der Waals surface area contributed by atoms with Gasteiger partial charge in [-0.15, -0.1) is 21.5 Å². The number of nitrogens with zero attached hydrogens (tertiary/aromatic N) is 2. The summed E-state index contributed by atoms with van der Waals surface area (Å²) in [6.07, 6.45) is 3.54. The predicted molar refractivity (Wildman–Crippen MR) is 58.7 cm³/mol. The molecule has 1 N–H and O–H groups in total. The zero-order chi connectivity index (χ0) is 9.97. The second-order valence-electron chi connectivity index (χ2n) is 4.06. The molecule has 0 aromatic carbocycles. The summed E-state index contributed by atoms with van der Waals surface area (Å²) in [7, 11) is 1.98. The molecule has 4 heteroatoms. The Morgan fingerprint density at radius 3 is 2.93 bits per heavy atom. The van der Waals surface area contributed by atoms with Crippen molar-refractivity contribution >= 4 is 11.3 Å². The first-order valence-electron chi connectivity index (χ1n) is 5.28. The van der Waals surface area contributed by atoms with E-state index < -0.39 is 0 Å². The van der Waals surface area contributed by atoms with Crippen molar-refractivity contribution in [2.75, 3.05) is 13.6 Å². The van der Waals surface area contributed by atoms with Crippen LogP contribution in [0.25, 0.3) is 0 Å². The van der Waals surface area contributed by atoms with Gasteiger partial charge in [0.25, 0.3) is 0 Å². The topological polar surface area (TPSA) is 37.8 Å². The molecule has 1 saturated carbocycles. The average Bonchev–Trinajstić information content (AvgIpc) is 2.74. The lowest BCUT2D eigenvalue weighted by atomic mass is 10.3. The summed E-state index contributed by atoms with van der Waals surface area (Å²) in [5.74, 6) is 1.57. The maximum absolute atomic E-state index is 4.26. The van der Waals surface area contributed by atoms with E-state index in [4.69, 9.17) is 0 Å². The Hall–Kier alpha value is -0.480. The first kappa shape index (κ1) is 10.1. The number of hydrogen-bond acceptors (Lipinski definition) is 4. The number of nitrogens with one attached hydrogen (secondary N) is 1. The van der Waals surface area contributed by atoms with Crippen molar-refractivity contribution in [1.29, 1.82) is 0 Å². The van der Waals surface area contributed by atoms with Gasteiger partial charge in [-0.1, -0.05) is 6.92 Å². The summed E-state index contributed by atoms with van der Waals surface area (Å²) in [4.78, 5) is 0. The number of hydrogen-bond donors (Lipinski definition) is 1. The minimum absolute atomic E-state index is 0.727. The van der Waals surface area contributed by atoms with Crippen LogP contribution >= 0.6 is 11.3 Å². The monoisotopic (exact) mass is 211 g/mol. The number of aryl methyl sites for hydroxylation is 1. The van der Waals surface area contributed by atoms with Gasteiger partial charge in [0.05, 0.1) is 0 Å². The standard InChI is InChI=1S/C10H17N3S/c1-7-6-8(7)10-13-12-9(14-10)4-3-5-11-2/h7-8,11H,3-6H2,1-2H3. The summed E-state index contributed by atoms with van der Waals surface area (Å²) in [5.41, 5.74) is 0. The Morgan fingerprint density at radius 1 is 1.50 bits per heavy atom. The van der Waals surface area contributed by atoms with E-state index in [-0.39, 0.29) is 0 Å². The van der Waals surface area contributed by atoms with Crippen LogP contribution in [0.5, 0.6) is 0 Å². The quantitative estimate of drug-likeness (QED) is 0.755. The highest BCUT2D eigenvalue weighted by Gasteiger charge is 2.36. The molecule has 2 atom stereocenters. The molecule has 0 amide bonds. The third-order valence-electron chi connectivity index (χ3n) is 2.73. The molecule has 0 radical (unpaired) electrons. The van der Waals surface area contributed by atoms with Crippen LogP contribution in [0, 0.1) is 5.92 Å². The lowest BCUT2D eigenvalue weighted by Crippen LogP contribution is -2.08. The zero-order valence-electron chi connectivity index (χ0n) is 8.79. The van der Waals surface area contributed by atoms with Crippen LogP contribution in [0.3, 0.4) is 0 Å². The van der Waals surface area contributed by atoms with Crippen LogP contribution in [0.1, 0.15) is 35.7 Å². The van der Waals surface area contributed by atoms with E-state index >= 15 is 0 Å². The van der Waals surface area contributed by atoms with Gasteiger partial charge >= 0.3 is 0 Å². The fraction of sp³-hybridized carbons (Fsp3) is 0.800. The third kappa shape index (κ3) is 2.30. The van der Waals surface area contributed by atoms with E-state index in [0.717, 1.165) is 31.2 Å². The minimum Gasteiger partial charge on any atom is -0.320 e. The molecule has 0 bridgehead atoms. The molecule has 0 spiro atoms. The van der Waals surface area contributed by atoms with Gasteiger partial charge in [0, 0.05) is 12.3 Å². The molecular formula is C10H17N3S. The Morgan fingerprint density at radius 2 is 2.29 bits per heavy atom. The highest BCUT2D eigenvalue weighted by atomic mass is 32.1. The van der Waals surface area contributed by atoms with Crippen molar-refractivity contribution in [3.63, 3.8) is 0 Å². The molecule has 78 valence electrons. The summed E-state index contributed by atoms with van der Waals surface area (Å²) >= 11 is 1.81. The molecule has 1 heterocycles. The molecule has 14 heavy (non-hydrogen) atoms. The molecule has 1 aliphatic carbocycles. The lowest BCUT2D eigenvalue weighted by molar-refractivity contribution is 0.717. The lowest BCUT2D eigenvalue weighted by Gasteiger charge is -1.94. The maximum atomic E-state index is 4.26. The van der Waals surface area contributed by atoms with Crippen LogP contribution < -0.4 is 5.32 Å². The molecule has 1 aromatic heterocycles. The van der Waals surface area contributed by atoms with Crippen molar-refractivity contribution in [1.82, 2.24) is 15.5 Å². The van der Waals surface area contributed by atoms with Crippen molar-refractivity contribution in [3.8, 4) is 0 Å². The molecule has 0 saturated heterocycles. The van der Waals surface area contributed by atoms with Crippen LogP contribution in [0.15, 0.2) is 0 Å². The van der Waals surface area contributed by atoms with Crippen molar-refractivity contribution in [2.45, 2.75) is 32.1 Å². The van der Waals surface area contributed by atoms with Gasteiger partial charge in [0.15, 0.2) is 0 Å². The van der Waals surface area contributed by atoms with Gasteiger partial charge in [-0.25, -0.2) is 0 Å². The highest BCUT2D eigenvalue weighted by Crippen LogP contribution is 2.47. The molecule has 2 rings (SSSR count). The van der Waals surface area contributed by atoms with Gasteiger partial charge in [-0.3, -0.25) is 0 Å². The summed E-state index contributed by atoms with van der Waals surface area (Å²) in [6.45, 7) is 3.35. The largest absolute Gasteiger partial charge is 0.320 e. The molecule has 2 unspecified atom stereocenters. The fourth-order valence-corrected chi connectivity index (χ4v) is 2.73. The highest BCUT2D eigenvalue weighted by molar-refractivity contribution is 7.11. The van der Waals surface area contributed by atoms with E-state index in [0.29, 0.717) is 0 Å². The maximum Gasteiger partial charge on any atom is 0.120 e. The van der Waals surface area contributed by atoms with Gasteiger partial charge in [-0.2, -0.15) is 0 Å². The molecule has 1 fully saturated rings. The van der Waals surface area contributed by atoms with Crippen LogP contribution in [0.4, 0.5) is 0 Å². The first-order chi connectivity index (χ1) is 6.81.